The highest BCUT2D eigenvalue weighted by molar-refractivity contribution is 5.91. The van der Waals surface area contributed by atoms with E-state index in [4.69, 9.17) is 4.42 Å². The van der Waals surface area contributed by atoms with Crippen molar-refractivity contribution in [3.63, 3.8) is 0 Å². The van der Waals surface area contributed by atoms with Crippen LogP contribution < -0.4 is 10.6 Å². The minimum atomic E-state index is -0.219. The fraction of sp³-hybridized carbons (Fsp3) is 0.474. The van der Waals surface area contributed by atoms with Crippen molar-refractivity contribution in [3.8, 4) is 11.5 Å². The summed E-state index contributed by atoms with van der Waals surface area (Å²) in [5, 5.41) is 15.7. The Bertz CT molecular complexity index is 759. The zero-order valence-electron chi connectivity index (χ0n) is 14.2. The second-order valence-electron chi connectivity index (χ2n) is 7.17. The molecule has 2 aliphatic rings. The van der Waals surface area contributed by atoms with E-state index in [1.807, 2.05) is 25.1 Å². The molecule has 3 N–H and O–H groups in total. The predicted octanol–water partition coefficient (Wildman–Crippen LogP) is 3.18. The van der Waals surface area contributed by atoms with Crippen LogP contribution in [0.25, 0.3) is 11.5 Å². The minimum Gasteiger partial charge on any atom is -0.445 e. The van der Waals surface area contributed by atoms with Gasteiger partial charge in [-0.2, -0.15) is 0 Å². The van der Waals surface area contributed by atoms with Crippen LogP contribution >= 0.6 is 0 Å². The number of aryl methyl sites for hydroxylation is 1. The summed E-state index contributed by atoms with van der Waals surface area (Å²) in [4.78, 5) is 16.7. The third kappa shape index (κ3) is 3.02. The summed E-state index contributed by atoms with van der Waals surface area (Å²) < 4.78 is 5.32. The molecule has 4 atom stereocenters. The van der Waals surface area contributed by atoms with Gasteiger partial charge in [0.1, 0.15) is 6.26 Å². The number of amides is 2. The zero-order chi connectivity index (χ0) is 17.4. The molecule has 0 radical (unpaired) electrons. The van der Waals surface area contributed by atoms with Gasteiger partial charge in [0.05, 0.1) is 6.20 Å². The van der Waals surface area contributed by atoms with E-state index in [0.717, 1.165) is 29.7 Å². The predicted molar refractivity (Wildman–Crippen MR) is 94.0 cm³/mol. The van der Waals surface area contributed by atoms with Crippen LogP contribution in [0.2, 0.25) is 0 Å². The number of carbonyl (C=O) groups is 1. The molecule has 1 aromatic carbocycles. The molecule has 2 aliphatic carbocycles. The summed E-state index contributed by atoms with van der Waals surface area (Å²) in [6.45, 7) is 2.09. The van der Waals surface area contributed by atoms with Gasteiger partial charge in [0, 0.05) is 29.8 Å². The van der Waals surface area contributed by atoms with Crippen LogP contribution in [0.3, 0.4) is 0 Å². The minimum absolute atomic E-state index is 0.0685. The molecule has 1 heterocycles. The van der Waals surface area contributed by atoms with E-state index in [2.05, 4.69) is 15.6 Å². The normalized spacial score (nSPS) is 27.4. The third-order valence-electron chi connectivity index (χ3n) is 5.76. The largest absolute Gasteiger partial charge is 0.445 e. The maximum atomic E-state index is 12.5. The number of aliphatic hydroxyl groups is 1. The number of anilines is 1. The molecule has 4 rings (SSSR count). The Kier molecular flexibility index (Phi) is 4.21. The Hall–Kier alpha value is -2.34. The molecule has 2 fully saturated rings. The molecule has 1 aromatic heterocycles. The lowest BCUT2D eigenvalue weighted by Gasteiger charge is -2.30. The molecule has 0 aliphatic heterocycles. The van der Waals surface area contributed by atoms with E-state index in [1.165, 1.54) is 12.7 Å². The van der Waals surface area contributed by atoms with Gasteiger partial charge in [-0.25, -0.2) is 9.78 Å². The summed E-state index contributed by atoms with van der Waals surface area (Å²) in [5.74, 6) is 1.75. The number of fused-ring (bicyclic) bond motifs is 2. The molecule has 2 saturated carbocycles. The molecule has 4 unspecified atom stereocenters. The Morgan fingerprint density at radius 3 is 2.96 bits per heavy atom. The average molecular weight is 341 g/mol. The Morgan fingerprint density at radius 1 is 1.36 bits per heavy atom. The van der Waals surface area contributed by atoms with Crippen molar-refractivity contribution >= 4 is 11.7 Å². The van der Waals surface area contributed by atoms with Crippen LogP contribution in [-0.2, 0) is 0 Å². The van der Waals surface area contributed by atoms with Crippen LogP contribution in [-0.4, -0.2) is 28.8 Å². The maximum absolute atomic E-state index is 12.5. The van der Waals surface area contributed by atoms with Gasteiger partial charge in [-0.1, -0.05) is 6.07 Å². The number of nitrogens with zero attached hydrogens (tertiary/aromatic N) is 1. The van der Waals surface area contributed by atoms with Gasteiger partial charge in [-0.3, -0.25) is 0 Å². The molecule has 6 nitrogen and oxygen atoms in total. The van der Waals surface area contributed by atoms with Gasteiger partial charge in [-0.05, 0) is 55.7 Å². The second-order valence-corrected chi connectivity index (χ2v) is 7.17. The van der Waals surface area contributed by atoms with Gasteiger partial charge in [0.25, 0.3) is 0 Å². The van der Waals surface area contributed by atoms with E-state index >= 15 is 0 Å². The first kappa shape index (κ1) is 16.1. The van der Waals surface area contributed by atoms with Crippen LogP contribution in [0.5, 0.6) is 0 Å². The molecular formula is C19H23N3O3. The van der Waals surface area contributed by atoms with Gasteiger partial charge in [-0.15, -0.1) is 0 Å². The Morgan fingerprint density at radius 2 is 2.20 bits per heavy atom. The monoisotopic (exact) mass is 341 g/mol. The summed E-state index contributed by atoms with van der Waals surface area (Å²) >= 11 is 0. The summed E-state index contributed by atoms with van der Waals surface area (Å²) in [5.41, 5.74) is 2.52. The highest BCUT2D eigenvalue weighted by Crippen LogP contribution is 2.48. The first-order chi connectivity index (χ1) is 12.2. The average Bonchev–Trinajstić information content (AvgIpc) is 3.33. The maximum Gasteiger partial charge on any atom is 0.319 e. The van der Waals surface area contributed by atoms with Crippen molar-refractivity contribution in [2.45, 2.75) is 32.2 Å². The van der Waals surface area contributed by atoms with E-state index in [1.54, 1.807) is 6.20 Å². The summed E-state index contributed by atoms with van der Waals surface area (Å²) in [7, 11) is 0. The molecule has 132 valence electrons. The van der Waals surface area contributed by atoms with Crippen molar-refractivity contribution < 1.29 is 14.3 Å². The quantitative estimate of drug-likeness (QED) is 0.797. The van der Waals surface area contributed by atoms with E-state index in [-0.39, 0.29) is 24.6 Å². The molecule has 2 bridgehead atoms. The Labute approximate surface area is 146 Å². The first-order valence-electron chi connectivity index (χ1n) is 8.84. The number of oxazole rings is 1. The van der Waals surface area contributed by atoms with Crippen LogP contribution in [0.4, 0.5) is 10.5 Å². The lowest BCUT2D eigenvalue weighted by molar-refractivity contribution is 0.146. The molecule has 2 aromatic rings. The number of carbonyl (C=O) groups excluding carboxylic acids is 1. The summed E-state index contributed by atoms with van der Waals surface area (Å²) in [6, 6.07) is 5.57. The number of rotatable bonds is 4. The van der Waals surface area contributed by atoms with Crippen molar-refractivity contribution in [3.05, 3.63) is 36.2 Å². The fourth-order valence-corrected chi connectivity index (χ4v) is 4.46. The van der Waals surface area contributed by atoms with E-state index < -0.39 is 0 Å². The van der Waals surface area contributed by atoms with E-state index in [0.29, 0.717) is 17.7 Å². The Balaban J connectivity index is 1.47. The van der Waals surface area contributed by atoms with Crippen molar-refractivity contribution in [2.24, 2.45) is 17.8 Å². The SMILES string of the molecule is Cc1ccc(-c2ncco2)cc1NC(=O)NC1C2CCC(C2)C1CO. The topological polar surface area (TPSA) is 87.4 Å². The fourth-order valence-electron chi connectivity index (χ4n) is 4.46. The molecule has 0 spiro atoms. The van der Waals surface area contributed by atoms with Gasteiger partial charge in [0.15, 0.2) is 0 Å². The molecule has 0 saturated heterocycles. The lowest BCUT2D eigenvalue weighted by Crippen LogP contribution is -2.46. The molecular weight excluding hydrogens is 318 g/mol. The smallest absolute Gasteiger partial charge is 0.319 e. The number of urea groups is 1. The molecule has 25 heavy (non-hydrogen) atoms. The molecule has 2 amide bonds. The third-order valence-corrected chi connectivity index (χ3v) is 5.76. The number of hydrogen-bond donors (Lipinski definition) is 3. The van der Waals surface area contributed by atoms with Crippen LogP contribution in [0.1, 0.15) is 24.8 Å². The van der Waals surface area contributed by atoms with Crippen molar-refractivity contribution in [1.29, 1.82) is 0 Å². The highest BCUT2D eigenvalue weighted by atomic mass is 16.3. The van der Waals surface area contributed by atoms with E-state index in [9.17, 15) is 9.90 Å². The van der Waals surface area contributed by atoms with Gasteiger partial charge >= 0.3 is 6.03 Å². The van der Waals surface area contributed by atoms with Gasteiger partial charge < -0.3 is 20.2 Å². The second kappa shape index (κ2) is 6.52. The van der Waals surface area contributed by atoms with Crippen LogP contribution in [0.15, 0.2) is 35.1 Å². The van der Waals surface area contributed by atoms with Crippen molar-refractivity contribution in [1.82, 2.24) is 10.3 Å². The molecule has 6 heteroatoms. The summed E-state index contributed by atoms with van der Waals surface area (Å²) in [6.07, 6.45) is 6.56. The number of nitrogens with one attached hydrogen (secondary N) is 2. The highest BCUT2D eigenvalue weighted by Gasteiger charge is 2.47. The lowest BCUT2D eigenvalue weighted by atomic mass is 9.85. The van der Waals surface area contributed by atoms with Crippen LogP contribution in [0, 0.1) is 24.7 Å². The number of aromatic nitrogens is 1. The number of aliphatic hydroxyl groups excluding tert-OH is 1. The first-order valence-corrected chi connectivity index (χ1v) is 8.84. The number of benzene rings is 1. The van der Waals surface area contributed by atoms with Gasteiger partial charge in [0.2, 0.25) is 5.89 Å². The standard InChI is InChI=1S/C19H23N3O3/c1-11-2-3-14(18-20-6-7-25-18)9-16(11)21-19(24)22-17-13-5-4-12(8-13)15(17)10-23/h2-3,6-7,9,12-13,15,17,23H,4-5,8,10H2,1H3,(H2,21,22,24). The number of hydrogen-bond acceptors (Lipinski definition) is 4. The van der Waals surface area contributed by atoms with Crippen molar-refractivity contribution in [2.75, 3.05) is 11.9 Å². The zero-order valence-corrected chi connectivity index (χ0v) is 14.2.